The van der Waals surface area contributed by atoms with Crippen LogP contribution in [0.2, 0.25) is 0 Å². The number of halogens is 2. The minimum atomic E-state index is -0.492. The second-order valence-corrected chi connectivity index (χ2v) is 5.48. The van der Waals surface area contributed by atoms with Crippen LogP contribution in [0.25, 0.3) is 11.0 Å². The second-order valence-electron chi connectivity index (χ2n) is 5.48. The van der Waals surface area contributed by atoms with Gasteiger partial charge in [0.1, 0.15) is 11.6 Å². The molecule has 0 amide bonds. The van der Waals surface area contributed by atoms with E-state index < -0.39 is 11.6 Å². The fourth-order valence-electron chi connectivity index (χ4n) is 2.43. The molecule has 1 heterocycles. The van der Waals surface area contributed by atoms with Crippen molar-refractivity contribution in [2.24, 2.45) is 0 Å². The lowest BCUT2D eigenvalue weighted by Crippen LogP contribution is -2.22. The third-order valence-electron chi connectivity index (χ3n) is 3.51. The molecule has 19 heavy (non-hydrogen) atoms. The minimum Gasteiger partial charge on any atom is -0.456 e. The van der Waals surface area contributed by atoms with Gasteiger partial charge in [-0.25, -0.2) is 8.78 Å². The number of nitrogens with one attached hydrogen (secondary N) is 1. The summed E-state index contributed by atoms with van der Waals surface area (Å²) in [6.45, 7) is 4.57. The van der Waals surface area contributed by atoms with Gasteiger partial charge in [-0.2, -0.15) is 0 Å². The van der Waals surface area contributed by atoms with Crippen molar-refractivity contribution in [2.75, 3.05) is 0 Å². The van der Waals surface area contributed by atoms with Crippen LogP contribution in [0.15, 0.2) is 16.5 Å². The van der Waals surface area contributed by atoms with Crippen LogP contribution in [0.3, 0.4) is 0 Å². The molecule has 2 nitrogen and oxygen atoms in total. The van der Waals surface area contributed by atoms with Crippen molar-refractivity contribution in [2.45, 2.75) is 45.2 Å². The molecule has 3 rings (SSSR count). The average molecular weight is 265 g/mol. The molecule has 102 valence electrons. The van der Waals surface area contributed by atoms with Crippen molar-refractivity contribution in [3.8, 4) is 0 Å². The van der Waals surface area contributed by atoms with Crippen molar-refractivity contribution >= 4 is 11.0 Å². The molecule has 0 radical (unpaired) electrons. The van der Waals surface area contributed by atoms with E-state index in [2.05, 4.69) is 5.32 Å². The lowest BCUT2D eigenvalue weighted by molar-refractivity contribution is 0.471. The Balaban J connectivity index is 2.13. The number of hydrogen-bond acceptors (Lipinski definition) is 2. The monoisotopic (exact) mass is 265 g/mol. The number of rotatable bonds is 4. The number of hydrogen-bond donors (Lipinski definition) is 1. The predicted octanol–water partition coefficient (Wildman–Crippen LogP) is 4.09. The van der Waals surface area contributed by atoms with E-state index in [1.165, 1.54) is 6.07 Å². The molecule has 1 fully saturated rings. The van der Waals surface area contributed by atoms with E-state index in [1.807, 2.05) is 13.8 Å². The van der Waals surface area contributed by atoms with Gasteiger partial charge in [0, 0.05) is 11.6 Å². The SMILES string of the molecule is CC(C)NCc1oc2c(F)ccc(F)c2c1C1CC1. The molecule has 1 saturated carbocycles. The molecule has 1 aromatic heterocycles. The summed E-state index contributed by atoms with van der Waals surface area (Å²) >= 11 is 0. The first-order valence-electron chi connectivity index (χ1n) is 6.70. The summed E-state index contributed by atoms with van der Waals surface area (Å²) in [5.41, 5.74) is 0.919. The summed E-state index contributed by atoms with van der Waals surface area (Å²) in [7, 11) is 0. The second kappa shape index (κ2) is 4.60. The largest absolute Gasteiger partial charge is 0.456 e. The van der Waals surface area contributed by atoms with Gasteiger partial charge in [0.25, 0.3) is 0 Å². The van der Waals surface area contributed by atoms with Crippen molar-refractivity contribution in [1.82, 2.24) is 5.32 Å². The number of benzene rings is 1. The fourth-order valence-corrected chi connectivity index (χ4v) is 2.43. The van der Waals surface area contributed by atoms with Gasteiger partial charge in [0.15, 0.2) is 11.4 Å². The van der Waals surface area contributed by atoms with Gasteiger partial charge in [-0.3, -0.25) is 0 Å². The Morgan fingerprint density at radius 1 is 1.26 bits per heavy atom. The molecule has 2 aromatic rings. The average Bonchev–Trinajstić information content (AvgIpc) is 3.12. The minimum absolute atomic E-state index is 0.0578. The fraction of sp³-hybridized carbons (Fsp3) is 0.467. The molecule has 1 aromatic carbocycles. The molecular formula is C15H17F2NO. The smallest absolute Gasteiger partial charge is 0.173 e. The molecule has 0 atom stereocenters. The van der Waals surface area contributed by atoms with Crippen LogP contribution in [0.1, 0.15) is 43.9 Å². The molecule has 1 aliphatic rings. The van der Waals surface area contributed by atoms with E-state index >= 15 is 0 Å². The highest BCUT2D eigenvalue weighted by Crippen LogP contribution is 2.47. The zero-order valence-electron chi connectivity index (χ0n) is 11.1. The van der Waals surface area contributed by atoms with E-state index in [-0.39, 0.29) is 5.58 Å². The summed E-state index contributed by atoms with van der Waals surface area (Å²) in [5, 5.41) is 3.58. The third-order valence-corrected chi connectivity index (χ3v) is 3.51. The summed E-state index contributed by atoms with van der Waals surface area (Å²) in [4.78, 5) is 0. The van der Waals surface area contributed by atoms with Gasteiger partial charge < -0.3 is 9.73 Å². The zero-order chi connectivity index (χ0) is 13.6. The Morgan fingerprint density at radius 2 is 1.95 bits per heavy atom. The highest BCUT2D eigenvalue weighted by molar-refractivity contribution is 5.84. The first-order valence-corrected chi connectivity index (χ1v) is 6.70. The Bertz CT molecular complexity index is 614. The van der Waals surface area contributed by atoms with Gasteiger partial charge >= 0.3 is 0 Å². The van der Waals surface area contributed by atoms with Gasteiger partial charge in [0.2, 0.25) is 0 Å². The third kappa shape index (κ3) is 2.25. The van der Waals surface area contributed by atoms with Crippen molar-refractivity contribution in [1.29, 1.82) is 0 Å². The predicted molar refractivity (Wildman–Crippen MR) is 70.1 cm³/mol. The Morgan fingerprint density at radius 3 is 2.58 bits per heavy atom. The summed E-state index contributed by atoms with van der Waals surface area (Å²) < 4.78 is 33.3. The number of furan rings is 1. The van der Waals surface area contributed by atoms with E-state index in [9.17, 15) is 8.78 Å². The van der Waals surface area contributed by atoms with Gasteiger partial charge in [-0.1, -0.05) is 13.8 Å². The Hall–Kier alpha value is -1.42. The lowest BCUT2D eigenvalue weighted by Gasteiger charge is -2.07. The highest BCUT2D eigenvalue weighted by Gasteiger charge is 2.32. The van der Waals surface area contributed by atoms with Gasteiger partial charge in [-0.05, 0) is 30.9 Å². The molecule has 1 aliphatic carbocycles. The van der Waals surface area contributed by atoms with Crippen LogP contribution in [0, 0.1) is 11.6 Å². The Labute approximate surface area is 110 Å². The first kappa shape index (κ1) is 12.6. The molecule has 0 unspecified atom stereocenters. The lowest BCUT2D eigenvalue weighted by atomic mass is 10.1. The first-order chi connectivity index (χ1) is 9.08. The van der Waals surface area contributed by atoms with Crippen LogP contribution >= 0.6 is 0 Å². The van der Waals surface area contributed by atoms with Gasteiger partial charge in [0.05, 0.1) is 11.9 Å². The molecule has 0 bridgehead atoms. The summed E-state index contributed by atoms with van der Waals surface area (Å²) in [6.07, 6.45) is 2.05. The highest BCUT2D eigenvalue weighted by atomic mass is 19.1. The topological polar surface area (TPSA) is 25.2 Å². The van der Waals surface area contributed by atoms with E-state index in [4.69, 9.17) is 4.42 Å². The summed E-state index contributed by atoms with van der Waals surface area (Å²) in [5.74, 6) is 0.114. The van der Waals surface area contributed by atoms with E-state index in [0.29, 0.717) is 29.7 Å². The van der Waals surface area contributed by atoms with E-state index in [1.54, 1.807) is 0 Å². The zero-order valence-corrected chi connectivity index (χ0v) is 11.1. The molecular weight excluding hydrogens is 248 g/mol. The summed E-state index contributed by atoms with van der Waals surface area (Å²) in [6, 6.07) is 2.60. The van der Waals surface area contributed by atoms with Crippen molar-refractivity contribution < 1.29 is 13.2 Å². The normalized spacial score (nSPS) is 15.6. The quantitative estimate of drug-likeness (QED) is 0.900. The maximum Gasteiger partial charge on any atom is 0.173 e. The van der Waals surface area contributed by atoms with Crippen LogP contribution in [0.4, 0.5) is 8.78 Å². The van der Waals surface area contributed by atoms with Crippen LogP contribution in [-0.2, 0) is 6.54 Å². The van der Waals surface area contributed by atoms with Crippen LogP contribution in [0.5, 0.6) is 0 Å². The van der Waals surface area contributed by atoms with Crippen LogP contribution < -0.4 is 5.32 Å². The van der Waals surface area contributed by atoms with Gasteiger partial charge in [-0.15, -0.1) is 0 Å². The molecule has 1 N–H and O–H groups in total. The molecule has 0 spiro atoms. The number of fused-ring (bicyclic) bond motifs is 1. The molecule has 4 heteroatoms. The molecule has 0 aliphatic heterocycles. The van der Waals surface area contributed by atoms with Crippen LogP contribution in [-0.4, -0.2) is 6.04 Å². The van der Waals surface area contributed by atoms with E-state index in [0.717, 1.165) is 24.5 Å². The van der Waals surface area contributed by atoms with Crippen molar-refractivity contribution in [3.05, 3.63) is 35.1 Å². The standard InChI is InChI=1S/C15H17F2NO/c1-8(2)18-7-12-13(9-3-4-9)14-10(16)5-6-11(17)15(14)19-12/h5-6,8-9,18H,3-4,7H2,1-2H3. The Kier molecular flexibility index (Phi) is 3.05. The molecule has 0 saturated heterocycles. The van der Waals surface area contributed by atoms with Crippen molar-refractivity contribution in [3.63, 3.8) is 0 Å². The maximum absolute atomic E-state index is 14.0. The maximum atomic E-state index is 14.0.